The second-order valence-corrected chi connectivity index (χ2v) is 3.12. The van der Waals surface area contributed by atoms with E-state index in [0.29, 0.717) is 17.9 Å². The molecule has 15 heavy (non-hydrogen) atoms. The third-order valence-electron chi connectivity index (χ3n) is 2.19. The lowest BCUT2D eigenvalue weighted by atomic mass is 10.0. The zero-order valence-corrected chi connectivity index (χ0v) is 8.90. The summed E-state index contributed by atoms with van der Waals surface area (Å²) in [6, 6.07) is 5.10. The van der Waals surface area contributed by atoms with E-state index in [2.05, 4.69) is 0 Å². The molecule has 1 rings (SSSR count). The van der Waals surface area contributed by atoms with Crippen LogP contribution < -0.4 is 15.2 Å². The highest BCUT2D eigenvalue weighted by molar-refractivity contribution is 5.52. The number of carbonyl (C=O) groups excluding carboxylic acids is 1. The van der Waals surface area contributed by atoms with Gasteiger partial charge in [-0.2, -0.15) is 0 Å². The van der Waals surface area contributed by atoms with Gasteiger partial charge < -0.3 is 20.0 Å². The van der Waals surface area contributed by atoms with E-state index >= 15 is 0 Å². The molecule has 1 aromatic rings. The topological polar surface area (TPSA) is 61.5 Å². The minimum absolute atomic E-state index is 0.290. The summed E-state index contributed by atoms with van der Waals surface area (Å²) in [5.74, 6) is 1.27. The molecular formula is C11H15NO3. The highest BCUT2D eigenvalue weighted by Gasteiger charge is 2.09. The van der Waals surface area contributed by atoms with E-state index in [1.54, 1.807) is 26.4 Å². The number of hydrogen-bond acceptors (Lipinski definition) is 4. The average Bonchev–Trinajstić information content (AvgIpc) is 2.28. The molecule has 4 nitrogen and oxygen atoms in total. The van der Waals surface area contributed by atoms with Crippen molar-refractivity contribution < 1.29 is 14.3 Å². The smallest absolute Gasteiger partial charge is 0.161 e. The maximum absolute atomic E-state index is 10.3. The first kappa shape index (κ1) is 11.5. The second kappa shape index (κ2) is 5.36. The number of aldehydes is 1. The van der Waals surface area contributed by atoms with Crippen LogP contribution in [-0.2, 0) is 4.79 Å². The van der Waals surface area contributed by atoms with Gasteiger partial charge in [0.15, 0.2) is 11.5 Å². The molecule has 0 saturated carbocycles. The molecule has 0 fully saturated rings. The Morgan fingerprint density at radius 2 is 2.00 bits per heavy atom. The van der Waals surface area contributed by atoms with Gasteiger partial charge in [0.1, 0.15) is 6.29 Å². The fraction of sp³-hybridized carbons (Fsp3) is 0.364. The summed E-state index contributed by atoms with van der Waals surface area (Å²) in [6.45, 7) is 0. The van der Waals surface area contributed by atoms with E-state index in [-0.39, 0.29) is 6.04 Å². The molecule has 4 heteroatoms. The number of methoxy groups -OCH3 is 2. The average molecular weight is 209 g/mol. The van der Waals surface area contributed by atoms with Gasteiger partial charge >= 0.3 is 0 Å². The van der Waals surface area contributed by atoms with Crippen molar-refractivity contribution >= 4 is 6.29 Å². The van der Waals surface area contributed by atoms with Crippen LogP contribution in [0, 0.1) is 0 Å². The Labute approximate surface area is 89.0 Å². The molecule has 0 aliphatic carbocycles. The van der Waals surface area contributed by atoms with Crippen LogP contribution in [0.3, 0.4) is 0 Å². The molecule has 1 aromatic carbocycles. The Bertz CT molecular complexity index is 339. The summed E-state index contributed by atoms with van der Waals surface area (Å²) in [5, 5.41) is 0. The Balaban J connectivity index is 2.96. The van der Waals surface area contributed by atoms with Gasteiger partial charge in [0.2, 0.25) is 0 Å². The number of rotatable bonds is 5. The van der Waals surface area contributed by atoms with Gasteiger partial charge in [-0.1, -0.05) is 6.07 Å². The van der Waals surface area contributed by atoms with Gasteiger partial charge in [-0.15, -0.1) is 0 Å². The van der Waals surface area contributed by atoms with Crippen molar-refractivity contribution in [1.82, 2.24) is 0 Å². The second-order valence-electron chi connectivity index (χ2n) is 3.12. The molecule has 82 valence electrons. The summed E-state index contributed by atoms with van der Waals surface area (Å²) in [4.78, 5) is 10.3. The zero-order valence-electron chi connectivity index (χ0n) is 8.90. The van der Waals surface area contributed by atoms with Crippen LogP contribution in [0.1, 0.15) is 18.0 Å². The lowest BCUT2D eigenvalue weighted by Gasteiger charge is -2.12. The first-order valence-corrected chi connectivity index (χ1v) is 4.64. The molecule has 0 bridgehead atoms. The first-order valence-electron chi connectivity index (χ1n) is 4.64. The molecule has 0 amide bonds. The molecule has 0 unspecified atom stereocenters. The molecule has 0 saturated heterocycles. The van der Waals surface area contributed by atoms with Gasteiger partial charge in [0, 0.05) is 12.5 Å². The fourth-order valence-electron chi connectivity index (χ4n) is 1.32. The van der Waals surface area contributed by atoms with Crippen LogP contribution >= 0.6 is 0 Å². The van der Waals surface area contributed by atoms with Crippen LogP contribution in [0.2, 0.25) is 0 Å². The minimum atomic E-state index is -0.290. The van der Waals surface area contributed by atoms with Gasteiger partial charge in [0.25, 0.3) is 0 Å². The van der Waals surface area contributed by atoms with Crippen molar-refractivity contribution in [1.29, 1.82) is 0 Å². The van der Waals surface area contributed by atoms with Gasteiger partial charge in [-0.3, -0.25) is 0 Å². The third kappa shape index (κ3) is 2.70. The van der Waals surface area contributed by atoms with E-state index < -0.39 is 0 Å². The summed E-state index contributed by atoms with van der Waals surface area (Å²) in [5.41, 5.74) is 6.65. The normalized spacial score (nSPS) is 11.9. The number of nitrogens with two attached hydrogens (primary N) is 1. The van der Waals surface area contributed by atoms with Crippen LogP contribution in [0.25, 0.3) is 0 Å². The van der Waals surface area contributed by atoms with Crippen LogP contribution in [0.4, 0.5) is 0 Å². The lowest BCUT2D eigenvalue weighted by molar-refractivity contribution is -0.108. The SMILES string of the molecule is COc1ccc([C@@H](N)CC=O)cc1OC. The number of hydrogen-bond donors (Lipinski definition) is 1. The van der Waals surface area contributed by atoms with E-state index in [0.717, 1.165) is 11.8 Å². The molecule has 0 spiro atoms. The summed E-state index contributed by atoms with van der Waals surface area (Å²) in [7, 11) is 3.13. The van der Waals surface area contributed by atoms with Crippen LogP contribution in [0.5, 0.6) is 11.5 Å². The Kier molecular flexibility index (Phi) is 4.12. The molecule has 0 radical (unpaired) electrons. The quantitative estimate of drug-likeness (QED) is 0.742. The van der Waals surface area contributed by atoms with Crippen molar-refractivity contribution in [3.8, 4) is 11.5 Å². The van der Waals surface area contributed by atoms with Crippen molar-refractivity contribution in [3.63, 3.8) is 0 Å². The van der Waals surface area contributed by atoms with E-state index in [1.807, 2.05) is 6.07 Å². The Morgan fingerprint density at radius 1 is 1.33 bits per heavy atom. The molecule has 2 N–H and O–H groups in total. The predicted molar refractivity (Wildman–Crippen MR) is 57.2 cm³/mol. The van der Waals surface area contributed by atoms with E-state index in [4.69, 9.17) is 15.2 Å². The standard InChI is InChI=1S/C11H15NO3/c1-14-10-4-3-8(7-11(10)15-2)9(12)5-6-13/h3-4,6-7,9H,5,12H2,1-2H3/t9-/m0/s1. The highest BCUT2D eigenvalue weighted by atomic mass is 16.5. The highest BCUT2D eigenvalue weighted by Crippen LogP contribution is 2.29. The molecule has 0 aromatic heterocycles. The molecule has 1 atom stereocenters. The third-order valence-corrected chi connectivity index (χ3v) is 2.19. The molecule has 0 aliphatic heterocycles. The summed E-state index contributed by atoms with van der Waals surface area (Å²) in [6.07, 6.45) is 1.11. The molecule has 0 aliphatic rings. The van der Waals surface area contributed by atoms with E-state index in [9.17, 15) is 4.79 Å². The Hall–Kier alpha value is -1.55. The monoisotopic (exact) mass is 209 g/mol. The van der Waals surface area contributed by atoms with Crippen molar-refractivity contribution in [2.75, 3.05) is 14.2 Å². The fourth-order valence-corrected chi connectivity index (χ4v) is 1.32. The maximum Gasteiger partial charge on any atom is 0.161 e. The maximum atomic E-state index is 10.3. The van der Waals surface area contributed by atoms with Crippen LogP contribution in [-0.4, -0.2) is 20.5 Å². The van der Waals surface area contributed by atoms with E-state index in [1.165, 1.54) is 0 Å². The van der Waals surface area contributed by atoms with Crippen molar-refractivity contribution in [3.05, 3.63) is 23.8 Å². The van der Waals surface area contributed by atoms with Crippen molar-refractivity contribution in [2.45, 2.75) is 12.5 Å². The first-order chi connectivity index (χ1) is 7.22. The number of carbonyl (C=O) groups is 1. The van der Waals surface area contributed by atoms with Crippen molar-refractivity contribution in [2.24, 2.45) is 5.73 Å². The molecular weight excluding hydrogens is 194 g/mol. The molecule has 0 heterocycles. The lowest BCUT2D eigenvalue weighted by Crippen LogP contribution is -2.10. The largest absolute Gasteiger partial charge is 0.493 e. The predicted octanol–water partition coefficient (Wildman–Crippen LogP) is 1.29. The van der Waals surface area contributed by atoms with Crippen LogP contribution in [0.15, 0.2) is 18.2 Å². The Morgan fingerprint density at radius 3 is 2.53 bits per heavy atom. The summed E-state index contributed by atoms with van der Waals surface area (Å²) < 4.78 is 10.2. The van der Waals surface area contributed by atoms with Gasteiger partial charge in [0.05, 0.1) is 14.2 Å². The van der Waals surface area contributed by atoms with Gasteiger partial charge in [-0.25, -0.2) is 0 Å². The zero-order chi connectivity index (χ0) is 11.3. The van der Waals surface area contributed by atoms with Gasteiger partial charge in [-0.05, 0) is 17.7 Å². The minimum Gasteiger partial charge on any atom is -0.493 e. The number of benzene rings is 1. The number of ether oxygens (including phenoxy) is 2. The summed E-state index contributed by atoms with van der Waals surface area (Å²) >= 11 is 0.